The van der Waals surface area contributed by atoms with Crippen molar-refractivity contribution in [1.82, 2.24) is 20.4 Å². The molecule has 8 nitrogen and oxygen atoms in total. The van der Waals surface area contributed by atoms with Gasteiger partial charge in [-0.2, -0.15) is 18.2 Å². The van der Waals surface area contributed by atoms with E-state index in [4.69, 9.17) is 25.6 Å². The first kappa shape index (κ1) is 26.4. The van der Waals surface area contributed by atoms with Gasteiger partial charge in [-0.3, -0.25) is 4.79 Å². The number of alkyl halides is 3. The fourth-order valence-electron chi connectivity index (χ4n) is 3.68. The van der Waals surface area contributed by atoms with E-state index in [-0.39, 0.29) is 48.2 Å². The molecule has 2 aromatic heterocycles. The van der Waals surface area contributed by atoms with Crippen LogP contribution in [-0.4, -0.2) is 33.2 Å². The third-order valence-corrected chi connectivity index (χ3v) is 5.73. The zero-order valence-corrected chi connectivity index (χ0v) is 20.4. The van der Waals surface area contributed by atoms with E-state index >= 15 is 0 Å². The van der Waals surface area contributed by atoms with Gasteiger partial charge in [0.2, 0.25) is 5.82 Å². The Bertz CT molecular complexity index is 1340. The van der Waals surface area contributed by atoms with E-state index in [9.17, 15) is 22.4 Å². The molecule has 37 heavy (non-hydrogen) atoms. The van der Waals surface area contributed by atoms with Crippen LogP contribution in [0.15, 0.2) is 41.1 Å². The standard InChI is InChI=1S/C24H21ClF4N4O4/c1-3-13-4-5-15(7-18(13)26)36-12-20(34)32-23(2)8-14(9-23)22-31-19(33-37-22)11-35-16-6-17(25)21(30-10-16)24(27,28)29/h4-8,10H,3,9,11-12H2,1-2H3,(H,32,34). The number of hydrogen-bond donors (Lipinski definition) is 1. The Labute approximate surface area is 213 Å². The molecule has 13 heteroatoms. The fraction of sp³-hybridized carbons (Fsp3) is 0.333. The summed E-state index contributed by atoms with van der Waals surface area (Å²) in [5.41, 5.74) is -0.616. The van der Waals surface area contributed by atoms with Crippen molar-refractivity contribution in [2.24, 2.45) is 0 Å². The average molecular weight is 541 g/mol. The molecular weight excluding hydrogens is 520 g/mol. The molecule has 1 aliphatic carbocycles. The van der Waals surface area contributed by atoms with Gasteiger partial charge in [0.15, 0.2) is 18.9 Å². The minimum Gasteiger partial charge on any atom is -0.484 e. The predicted octanol–water partition coefficient (Wildman–Crippen LogP) is 5.16. The molecule has 0 saturated carbocycles. The zero-order valence-electron chi connectivity index (χ0n) is 19.7. The molecule has 0 bridgehead atoms. The lowest BCUT2D eigenvalue weighted by atomic mass is 9.80. The van der Waals surface area contributed by atoms with Crippen molar-refractivity contribution in [3.05, 3.63) is 70.4 Å². The summed E-state index contributed by atoms with van der Waals surface area (Å²) in [7, 11) is 0. The maximum Gasteiger partial charge on any atom is 0.434 e. The Balaban J connectivity index is 1.28. The maximum atomic E-state index is 13.9. The Kier molecular flexibility index (Phi) is 7.39. The molecule has 1 atom stereocenters. The first-order valence-electron chi connectivity index (χ1n) is 11.1. The van der Waals surface area contributed by atoms with E-state index < -0.39 is 22.4 Å². The predicted molar refractivity (Wildman–Crippen MR) is 123 cm³/mol. The summed E-state index contributed by atoms with van der Waals surface area (Å²) >= 11 is 5.63. The molecule has 0 saturated heterocycles. The van der Waals surface area contributed by atoms with Crippen molar-refractivity contribution < 1.29 is 36.4 Å². The monoisotopic (exact) mass is 540 g/mol. The number of rotatable bonds is 9. The summed E-state index contributed by atoms with van der Waals surface area (Å²) in [6, 6.07) is 5.47. The molecule has 196 valence electrons. The van der Waals surface area contributed by atoms with Crippen molar-refractivity contribution in [3.8, 4) is 11.5 Å². The molecule has 3 aromatic rings. The van der Waals surface area contributed by atoms with Gasteiger partial charge in [0, 0.05) is 24.1 Å². The number of hydrogen-bond acceptors (Lipinski definition) is 7. The number of pyridine rings is 1. The van der Waals surface area contributed by atoms with Gasteiger partial charge in [-0.1, -0.05) is 35.8 Å². The molecule has 1 N–H and O–H groups in total. The number of carbonyl (C=O) groups is 1. The molecule has 2 heterocycles. The van der Waals surface area contributed by atoms with Gasteiger partial charge in [0.1, 0.15) is 17.3 Å². The van der Waals surface area contributed by atoms with E-state index in [0.29, 0.717) is 24.0 Å². The van der Waals surface area contributed by atoms with Crippen LogP contribution in [0, 0.1) is 5.82 Å². The molecule has 1 aromatic carbocycles. The number of amides is 1. The van der Waals surface area contributed by atoms with Gasteiger partial charge in [0.05, 0.1) is 16.8 Å². The molecule has 0 aliphatic heterocycles. The third kappa shape index (κ3) is 6.37. The van der Waals surface area contributed by atoms with Crippen molar-refractivity contribution in [1.29, 1.82) is 0 Å². The highest BCUT2D eigenvalue weighted by Gasteiger charge is 2.37. The van der Waals surface area contributed by atoms with E-state index in [1.54, 1.807) is 25.1 Å². The van der Waals surface area contributed by atoms with E-state index in [1.165, 1.54) is 6.07 Å². The molecule has 1 amide bonds. The summed E-state index contributed by atoms with van der Waals surface area (Å²) in [6.45, 7) is 3.17. The summed E-state index contributed by atoms with van der Waals surface area (Å²) in [5, 5.41) is 6.02. The minimum atomic E-state index is -4.67. The number of halogens is 5. The van der Waals surface area contributed by atoms with Crippen molar-refractivity contribution in [2.45, 2.75) is 45.0 Å². The van der Waals surface area contributed by atoms with Crippen molar-refractivity contribution in [2.75, 3.05) is 6.61 Å². The molecule has 1 unspecified atom stereocenters. The summed E-state index contributed by atoms with van der Waals surface area (Å²) < 4.78 is 68.0. The normalized spacial score (nSPS) is 17.1. The lowest BCUT2D eigenvalue weighted by Crippen LogP contribution is -2.50. The highest BCUT2D eigenvalue weighted by Crippen LogP contribution is 2.37. The SMILES string of the molecule is CCc1ccc(OCC(=O)NC2(C)C=C(c3nc(COc4cnc(C(F)(F)F)c(Cl)c4)no3)C2)cc1F. The first-order valence-corrected chi connectivity index (χ1v) is 11.5. The van der Waals surface area contributed by atoms with E-state index in [1.807, 2.05) is 6.92 Å². The molecule has 1 aliphatic rings. The lowest BCUT2D eigenvalue weighted by Gasteiger charge is -2.35. The highest BCUT2D eigenvalue weighted by molar-refractivity contribution is 6.31. The van der Waals surface area contributed by atoms with Crippen molar-refractivity contribution in [3.63, 3.8) is 0 Å². The summed E-state index contributed by atoms with van der Waals surface area (Å²) in [6.07, 6.45) is -1.06. The van der Waals surface area contributed by atoms with Gasteiger partial charge in [-0.05, 0) is 25.0 Å². The first-order chi connectivity index (χ1) is 17.5. The van der Waals surface area contributed by atoms with Crippen LogP contribution in [-0.2, 0) is 24.0 Å². The quantitative estimate of drug-likeness (QED) is 0.374. The summed E-state index contributed by atoms with van der Waals surface area (Å²) in [4.78, 5) is 19.8. The maximum absolute atomic E-state index is 13.9. The number of nitrogens with zero attached hydrogens (tertiary/aromatic N) is 3. The number of nitrogens with one attached hydrogen (secondary N) is 1. The molecule has 0 fully saturated rings. The second kappa shape index (κ2) is 10.4. The smallest absolute Gasteiger partial charge is 0.434 e. The topological polar surface area (TPSA) is 99.4 Å². The largest absolute Gasteiger partial charge is 0.484 e. The Morgan fingerprint density at radius 3 is 2.65 bits per heavy atom. The van der Waals surface area contributed by atoms with Gasteiger partial charge in [-0.25, -0.2) is 9.37 Å². The zero-order chi connectivity index (χ0) is 26.8. The number of aromatic nitrogens is 3. The Morgan fingerprint density at radius 2 is 2.00 bits per heavy atom. The fourth-order valence-corrected chi connectivity index (χ4v) is 3.94. The number of carbonyl (C=O) groups excluding carboxylic acids is 1. The van der Waals surface area contributed by atoms with Crippen LogP contribution in [0.4, 0.5) is 17.6 Å². The molecular formula is C24H21ClF4N4O4. The van der Waals surface area contributed by atoms with Crippen LogP contribution in [0.3, 0.4) is 0 Å². The minimum absolute atomic E-state index is 0.00811. The van der Waals surface area contributed by atoms with Crippen LogP contribution in [0.1, 0.15) is 43.2 Å². The molecule has 0 radical (unpaired) electrons. The molecule has 4 rings (SSSR count). The van der Waals surface area contributed by atoms with Crippen LogP contribution < -0.4 is 14.8 Å². The second-order valence-electron chi connectivity index (χ2n) is 8.51. The van der Waals surface area contributed by atoms with Gasteiger partial charge >= 0.3 is 6.18 Å². The highest BCUT2D eigenvalue weighted by atomic mass is 35.5. The lowest BCUT2D eigenvalue weighted by molar-refractivity contribution is -0.141. The Morgan fingerprint density at radius 1 is 1.24 bits per heavy atom. The van der Waals surface area contributed by atoms with Crippen LogP contribution in [0.2, 0.25) is 5.02 Å². The second-order valence-corrected chi connectivity index (χ2v) is 8.92. The number of ether oxygens (including phenoxy) is 2. The Hall–Kier alpha value is -3.67. The van der Waals surface area contributed by atoms with Crippen LogP contribution >= 0.6 is 11.6 Å². The van der Waals surface area contributed by atoms with Crippen LogP contribution in [0.5, 0.6) is 11.5 Å². The average Bonchev–Trinajstić information content (AvgIpc) is 3.28. The van der Waals surface area contributed by atoms with Gasteiger partial charge in [0.25, 0.3) is 11.8 Å². The number of benzene rings is 1. The summed E-state index contributed by atoms with van der Waals surface area (Å²) in [5.74, 6) is -0.135. The van der Waals surface area contributed by atoms with E-state index in [2.05, 4.69) is 20.4 Å². The van der Waals surface area contributed by atoms with Gasteiger partial charge < -0.3 is 19.3 Å². The van der Waals surface area contributed by atoms with Crippen molar-refractivity contribution >= 4 is 23.1 Å². The van der Waals surface area contributed by atoms with E-state index in [0.717, 1.165) is 12.3 Å². The van der Waals surface area contributed by atoms with Gasteiger partial charge in [-0.15, -0.1) is 0 Å². The molecule has 0 spiro atoms. The number of aryl methyl sites for hydroxylation is 1. The third-order valence-electron chi connectivity index (χ3n) is 5.45. The van der Waals surface area contributed by atoms with Crippen LogP contribution in [0.25, 0.3) is 5.57 Å².